The van der Waals surface area contributed by atoms with E-state index < -0.39 is 17.7 Å². The Balaban J connectivity index is 1.76. The summed E-state index contributed by atoms with van der Waals surface area (Å²) < 4.78 is 5.58. The van der Waals surface area contributed by atoms with Gasteiger partial charge >= 0.3 is 0 Å². The van der Waals surface area contributed by atoms with Gasteiger partial charge in [0, 0.05) is 16.3 Å². The Kier molecular flexibility index (Phi) is 4.60. The molecule has 1 N–H and O–H groups in total. The highest BCUT2D eigenvalue weighted by molar-refractivity contribution is 6.51. The highest BCUT2D eigenvalue weighted by Crippen LogP contribution is 2.43. The van der Waals surface area contributed by atoms with Gasteiger partial charge < -0.3 is 9.52 Å². The molecule has 31 heavy (non-hydrogen) atoms. The van der Waals surface area contributed by atoms with E-state index in [0.29, 0.717) is 22.0 Å². The van der Waals surface area contributed by atoms with Crippen LogP contribution in [0.5, 0.6) is 0 Å². The topological polar surface area (TPSA) is 70.8 Å². The molecule has 3 aromatic carbocycles. The Morgan fingerprint density at radius 3 is 2.39 bits per heavy atom. The van der Waals surface area contributed by atoms with Gasteiger partial charge in [0.05, 0.1) is 11.8 Å². The number of benzene rings is 3. The van der Waals surface area contributed by atoms with Crippen molar-refractivity contribution in [2.24, 2.45) is 0 Å². The Bertz CT molecular complexity index is 1330. The number of halogens is 1. The molecule has 0 bridgehead atoms. The quantitative estimate of drug-likeness (QED) is 0.257. The first-order chi connectivity index (χ1) is 15.1. The first kappa shape index (κ1) is 19.2. The van der Waals surface area contributed by atoms with Crippen molar-refractivity contribution >= 4 is 45.5 Å². The van der Waals surface area contributed by atoms with Gasteiger partial charge in [0.2, 0.25) is 0 Å². The standard InChI is InChI=1S/C25H16ClNO4/c26-16-10-12-17(13-11-16)27-22(20-9-4-14-31-20)21(24(29)25(27)30)23(28)19-8-3-6-15-5-1-2-7-18(15)19/h1-14,22,28H/b23-21-. The summed E-state index contributed by atoms with van der Waals surface area (Å²) in [6.45, 7) is 0. The van der Waals surface area contributed by atoms with Gasteiger partial charge in [0.15, 0.2) is 0 Å². The predicted molar refractivity (Wildman–Crippen MR) is 119 cm³/mol. The zero-order valence-electron chi connectivity index (χ0n) is 16.2. The van der Waals surface area contributed by atoms with Crippen LogP contribution in [0.15, 0.2) is 95.1 Å². The van der Waals surface area contributed by atoms with Gasteiger partial charge in [-0.05, 0) is 47.2 Å². The molecule has 1 aliphatic heterocycles. The van der Waals surface area contributed by atoms with E-state index in [1.54, 1.807) is 48.5 Å². The molecule has 0 aliphatic carbocycles. The van der Waals surface area contributed by atoms with E-state index in [9.17, 15) is 14.7 Å². The van der Waals surface area contributed by atoms with Crippen LogP contribution >= 0.6 is 11.6 Å². The fourth-order valence-corrected chi connectivity index (χ4v) is 4.12. The number of Topliss-reactive ketones (excluding diaryl/α,β-unsaturated/α-hetero) is 1. The molecule has 1 amide bonds. The number of hydrogen-bond acceptors (Lipinski definition) is 4. The monoisotopic (exact) mass is 429 g/mol. The van der Waals surface area contributed by atoms with E-state index >= 15 is 0 Å². The second kappa shape index (κ2) is 7.45. The van der Waals surface area contributed by atoms with E-state index in [0.717, 1.165) is 10.8 Å². The lowest BCUT2D eigenvalue weighted by molar-refractivity contribution is -0.132. The lowest BCUT2D eigenvalue weighted by Crippen LogP contribution is -2.29. The van der Waals surface area contributed by atoms with Crippen molar-refractivity contribution in [3.63, 3.8) is 0 Å². The van der Waals surface area contributed by atoms with Crippen LogP contribution in [0.4, 0.5) is 5.69 Å². The third-order valence-corrected chi connectivity index (χ3v) is 5.66. The van der Waals surface area contributed by atoms with E-state index in [1.165, 1.54) is 11.2 Å². The van der Waals surface area contributed by atoms with Crippen LogP contribution in [-0.2, 0) is 9.59 Å². The fraction of sp³-hybridized carbons (Fsp3) is 0.0400. The largest absolute Gasteiger partial charge is 0.507 e. The van der Waals surface area contributed by atoms with E-state index in [1.807, 2.05) is 30.3 Å². The average molecular weight is 430 g/mol. The molecule has 4 aromatic rings. The van der Waals surface area contributed by atoms with Gasteiger partial charge in [-0.2, -0.15) is 0 Å². The summed E-state index contributed by atoms with van der Waals surface area (Å²) in [5.41, 5.74) is 0.930. The van der Waals surface area contributed by atoms with Crippen LogP contribution in [0.2, 0.25) is 5.02 Å². The molecule has 1 saturated heterocycles. The summed E-state index contributed by atoms with van der Waals surface area (Å²) in [7, 11) is 0. The van der Waals surface area contributed by atoms with Crippen molar-refractivity contribution in [3.8, 4) is 0 Å². The van der Waals surface area contributed by atoms with Gasteiger partial charge in [-0.1, -0.05) is 54.1 Å². The number of fused-ring (bicyclic) bond motifs is 1. The van der Waals surface area contributed by atoms with Crippen LogP contribution in [0.3, 0.4) is 0 Å². The van der Waals surface area contributed by atoms with E-state index in [4.69, 9.17) is 16.0 Å². The summed E-state index contributed by atoms with van der Waals surface area (Å²) in [5, 5.41) is 13.5. The van der Waals surface area contributed by atoms with E-state index in [2.05, 4.69) is 0 Å². The van der Waals surface area contributed by atoms with Crippen molar-refractivity contribution in [3.05, 3.63) is 107 Å². The van der Waals surface area contributed by atoms with Crippen LogP contribution in [-0.4, -0.2) is 16.8 Å². The van der Waals surface area contributed by atoms with Crippen molar-refractivity contribution in [1.29, 1.82) is 0 Å². The van der Waals surface area contributed by atoms with Crippen LogP contribution in [0, 0.1) is 0 Å². The first-order valence-electron chi connectivity index (χ1n) is 9.64. The number of aliphatic hydroxyl groups excluding tert-OH is 1. The third-order valence-electron chi connectivity index (χ3n) is 5.41. The number of furan rings is 1. The molecule has 1 atom stereocenters. The molecule has 1 aliphatic rings. The van der Waals surface area contributed by atoms with Crippen LogP contribution < -0.4 is 4.90 Å². The Morgan fingerprint density at radius 1 is 0.903 bits per heavy atom. The zero-order chi connectivity index (χ0) is 21.5. The average Bonchev–Trinajstić information content (AvgIpc) is 3.41. The molecule has 1 unspecified atom stereocenters. The Morgan fingerprint density at radius 2 is 1.65 bits per heavy atom. The number of rotatable bonds is 3. The van der Waals surface area contributed by atoms with Crippen molar-refractivity contribution in [2.75, 3.05) is 4.90 Å². The summed E-state index contributed by atoms with van der Waals surface area (Å²) in [6.07, 6.45) is 1.47. The molecule has 1 aromatic heterocycles. The summed E-state index contributed by atoms with van der Waals surface area (Å²) in [4.78, 5) is 27.5. The maximum atomic E-state index is 13.1. The van der Waals surface area contributed by atoms with Gasteiger partial charge in [-0.15, -0.1) is 0 Å². The maximum Gasteiger partial charge on any atom is 0.300 e. The Labute approximate surface area is 182 Å². The summed E-state index contributed by atoms with van der Waals surface area (Å²) in [5.74, 6) is -1.39. The second-order valence-electron chi connectivity index (χ2n) is 7.19. The van der Waals surface area contributed by atoms with Gasteiger partial charge in [-0.25, -0.2) is 0 Å². The van der Waals surface area contributed by atoms with Gasteiger partial charge in [0.1, 0.15) is 17.6 Å². The normalized spacial score (nSPS) is 18.1. The molecule has 152 valence electrons. The molecule has 5 nitrogen and oxygen atoms in total. The molecule has 0 saturated carbocycles. The van der Waals surface area contributed by atoms with Gasteiger partial charge in [-0.3, -0.25) is 14.5 Å². The molecule has 6 heteroatoms. The minimum absolute atomic E-state index is 0.0220. The smallest absolute Gasteiger partial charge is 0.300 e. The molecule has 0 radical (unpaired) electrons. The summed E-state index contributed by atoms with van der Waals surface area (Å²) >= 11 is 6.00. The minimum Gasteiger partial charge on any atom is -0.507 e. The number of nitrogens with zero attached hydrogens (tertiary/aromatic N) is 1. The highest BCUT2D eigenvalue weighted by Gasteiger charge is 2.48. The summed E-state index contributed by atoms with van der Waals surface area (Å²) in [6, 6.07) is 22.0. The Hall–Kier alpha value is -3.83. The third kappa shape index (κ3) is 3.10. The number of carbonyl (C=O) groups excluding carboxylic acids is 2. The molecular weight excluding hydrogens is 414 g/mol. The molecule has 0 spiro atoms. The lowest BCUT2D eigenvalue weighted by atomic mass is 9.96. The minimum atomic E-state index is -0.907. The number of hydrogen-bond donors (Lipinski definition) is 1. The number of ketones is 1. The maximum absolute atomic E-state index is 13.1. The number of carbonyl (C=O) groups is 2. The second-order valence-corrected chi connectivity index (χ2v) is 7.62. The molecule has 5 rings (SSSR count). The van der Waals surface area contributed by atoms with Crippen molar-refractivity contribution < 1.29 is 19.1 Å². The number of amides is 1. The molecular formula is C25H16ClNO4. The number of aliphatic hydroxyl groups is 1. The SMILES string of the molecule is O=C1C(=O)N(c2ccc(Cl)cc2)C(c2ccco2)/C1=C(/O)c1cccc2ccccc12. The fourth-order valence-electron chi connectivity index (χ4n) is 3.99. The lowest BCUT2D eigenvalue weighted by Gasteiger charge is -2.23. The predicted octanol–water partition coefficient (Wildman–Crippen LogP) is 5.71. The number of anilines is 1. The van der Waals surface area contributed by atoms with Gasteiger partial charge in [0.25, 0.3) is 11.7 Å². The molecule has 1 fully saturated rings. The zero-order valence-corrected chi connectivity index (χ0v) is 16.9. The van der Waals surface area contributed by atoms with E-state index in [-0.39, 0.29) is 11.3 Å². The van der Waals surface area contributed by atoms with Crippen molar-refractivity contribution in [2.45, 2.75) is 6.04 Å². The van der Waals surface area contributed by atoms with Crippen LogP contribution in [0.1, 0.15) is 17.4 Å². The molecule has 2 heterocycles. The van der Waals surface area contributed by atoms with Crippen LogP contribution in [0.25, 0.3) is 16.5 Å². The van der Waals surface area contributed by atoms with Crippen molar-refractivity contribution in [1.82, 2.24) is 0 Å². The first-order valence-corrected chi connectivity index (χ1v) is 10.0. The highest BCUT2D eigenvalue weighted by atomic mass is 35.5.